The van der Waals surface area contributed by atoms with E-state index in [1.165, 1.54) is 12.1 Å². The van der Waals surface area contributed by atoms with Gasteiger partial charge in [0.15, 0.2) is 0 Å². The van der Waals surface area contributed by atoms with Crippen molar-refractivity contribution >= 4 is 15.9 Å². The molecule has 1 unspecified atom stereocenters. The van der Waals surface area contributed by atoms with E-state index in [0.29, 0.717) is 17.1 Å². The van der Waals surface area contributed by atoms with Crippen LogP contribution in [-0.2, 0) is 10.0 Å². The zero-order valence-electron chi connectivity index (χ0n) is 12.6. The minimum absolute atomic E-state index is 0.0120. The maximum Gasteiger partial charge on any atom is 0.249 e. The summed E-state index contributed by atoms with van der Waals surface area (Å²) in [6.45, 7) is 5.15. The van der Waals surface area contributed by atoms with Gasteiger partial charge in [-0.1, -0.05) is 6.07 Å². The van der Waals surface area contributed by atoms with Crippen LogP contribution in [0, 0.1) is 13.8 Å². The first kappa shape index (κ1) is 16.3. The number of nitrogens with two attached hydrogens (primary N) is 1. The van der Waals surface area contributed by atoms with E-state index in [2.05, 4.69) is 4.72 Å². The third kappa shape index (κ3) is 3.37. The third-order valence-corrected chi connectivity index (χ3v) is 4.84. The molecule has 1 heterocycles. The van der Waals surface area contributed by atoms with Gasteiger partial charge in [0.25, 0.3) is 0 Å². The molecule has 1 atom stereocenters. The topological polar surface area (TPSA) is 102 Å². The monoisotopic (exact) mass is 322 g/mol. The van der Waals surface area contributed by atoms with E-state index >= 15 is 0 Å². The van der Waals surface area contributed by atoms with Crippen LogP contribution in [0.5, 0.6) is 0 Å². The van der Waals surface area contributed by atoms with Crippen molar-refractivity contribution in [3.05, 3.63) is 53.0 Å². The molecule has 0 aliphatic heterocycles. The van der Waals surface area contributed by atoms with Crippen molar-refractivity contribution < 1.29 is 17.6 Å². The molecule has 3 N–H and O–H groups in total. The average Bonchev–Trinajstić information content (AvgIpc) is 2.85. The molecule has 2 aromatic rings. The van der Waals surface area contributed by atoms with Crippen LogP contribution in [0.2, 0.25) is 0 Å². The number of rotatable bonds is 5. The summed E-state index contributed by atoms with van der Waals surface area (Å²) in [5.41, 5.74) is 6.06. The first-order valence-electron chi connectivity index (χ1n) is 6.70. The molecule has 0 aliphatic carbocycles. The summed E-state index contributed by atoms with van der Waals surface area (Å²) in [4.78, 5) is 11.3. The Morgan fingerprint density at radius 2 is 1.91 bits per heavy atom. The Labute approximate surface area is 129 Å². The quantitative estimate of drug-likeness (QED) is 0.879. The van der Waals surface area contributed by atoms with Crippen molar-refractivity contribution in [3.63, 3.8) is 0 Å². The fourth-order valence-corrected chi connectivity index (χ4v) is 3.32. The van der Waals surface area contributed by atoms with Gasteiger partial charge >= 0.3 is 0 Å². The first-order valence-corrected chi connectivity index (χ1v) is 8.18. The van der Waals surface area contributed by atoms with E-state index in [1.807, 2.05) is 0 Å². The molecular weight excluding hydrogens is 304 g/mol. The number of primary amides is 1. The van der Waals surface area contributed by atoms with Crippen molar-refractivity contribution in [3.8, 4) is 0 Å². The largest absolute Gasteiger partial charge is 0.465 e. The fourth-order valence-electron chi connectivity index (χ4n) is 2.08. The maximum absolute atomic E-state index is 12.4. The number of aryl methyl sites for hydroxylation is 2. The summed E-state index contributed by atoms with van der Waals surface area (Å²) in [7, 11) is -3.79. The van der Waals surface area contributed by atoms with E-state index in [-0.39, 0.29) is 10.5 Å². The van der Waals surface area contributed by atoms with Crippen LogP contribution in [-0.4, -0.2) is 14.3 Å². The Morgan fingerprint density at radius 1 is 1.23 bits per heavy atom. The van der Waals surface area contributed by atoms with Gasteiger partial charge in [-0.3, -0.25) is 4.79 Å². The fraction of sp³-hybridized carbons (Fsp3) is 0.267. The van der Waals surface area contributed by atoms with Crippen molar-refractivity contribution in [2.75, 3.05) is 0 Å². The lowest BCUT2D eigenvalue weighted by Gasteiger charge is -2.13. The number of carbonyl (C=O) groups excluding carboxylic acids is 1. The molecule has 0 aliphatic rings. The molecule has 0 radical (unpaired) electrons. The zero-order chi connectivity index (χ0) is 16.5. The number of nitrogens with one attached hydrogen (secondary N) is 1. The van der Waals surface area contributed by atoms with Crippen molar-refractivity contribution in [2.45, 2.75) is 31.7 Å². The predicted molar refractivity (Wildman–Crippen MR) is 81.9 cm³/mol. The van der Waals surface area contributed by atoms with Crippen molar-refractivity contribution in [1.29, 1.82) is 0 Å². The zero-order valence-corrected chi connectivity index (χ0v) is 13.4. The lowest BCUT2D eigenvalue weighted by molar-refractivity contribution is 0.0999. The van der Waals surface area contributed by atoms with Crippen LogP contribution in [0.25, 0.3) is 0 Å². The number of benzene rings is 1. The van der Waals surface area contributed by atoms with Crippen LogP contribution >= 0.6 is 0 Å². The lowest BCUT2D eigenvalue weighted by Crippen LogP contribution is -2.27. The number of sulfonamides is 1. The van der Waals surface area contributed by atoms with E-state index in [4.69, 9.17) is 10.2 Å². The lowest BCUT2D eigenvalue weighted by atomic mass is 10.1. The summed E-state index contributed by atoms with van der Waals surface area (Å²) in [5.74, 6) is 0.556. The summed E-state index contributed by atoms with van der Waals surface area (Å²) < 4.78 is 32.7. The Bertz CT molecular complexity index is 809. The van der Waals surface area contributed by atoms with E-state index in [1.54, 1.807) is 39.0 Å². The van der Waals surface area contributed by atoms with E-state index in [9.17, 15) is 13.2 Å². The molecule has 22 heavy (non-hydrogen) atoms. The molecule has 7 heteroatoms. The van der Waals surface area contributed by atoms with Crippen LogP contribution in [0.3, 0.4) is 0 Å². The number of furan rings is 1. The highest BCUT2D eigenvalue weighted by Gasteiger charge is 2.21. The van der Waals surface area contributed by atoms with Gasteiger partial charge < -0.3 is 10.2 Å². The SMILES string of the molecule is Cc1ccc(C(C)NS(=O)(=O)c2ccc(C)c(C(N)=O)c2)o1. The Kier molecular flexibility index (Phi) is 4.39. The minimum Gasteiger partial charge on any atom is -0.465 e. The van der Waals surface area contributed by atoms with Crippen LogP contribution in [0.15, 0.2) is 39.6 Å². The molecule has 1 aromatic carbocycles. The number of carbonyl (C=O) groups is 1. The van der Waals surface area contributed by atoms with Gasteiger partial charge in [0.1, 0.15) is 11.5 Å². The predicted octanol–water partition coefficient (Wildman–Crippen LogP) is 2.03. The summed E-state index contributed by atoms with van der Waals surface area (Å²) in [5, 5.41) is 0. The third-order valence-electron chi connectivity index (χ3n) is 3.30. The van der Waals surface area contributed by atoms with Crippen LogP contribution in [0.1, 0.15) is 40.4 Å². The molecule has 0 saturated heterocycles. The molecule has 1 aromatic heterocycles. The highest BCUT2D eigenvalue weighted by atomic mass is 32.2. The van der Waals surface area contributed by atoms with E-state index in [0.717, 1.165) is 0 Å². The Hall–Kier alpha value is -2.12. The molecule has 6 nitrogen and oxygen atoms in total. The Morgan fingerprint density at radius 3 is 2.45 bits per heavy atom. The second-order valence-corrected chi connectivity index (χ2v) is 6.85. The molecule has 118 valence electrons. The van der Waals surface area contributed by atoms with Gasteiger partial charge in [-0.2, -0.15) is 0 Å². The van der Waals surface area contributed by atoms with Gasteiger partial charge in [0, 0.05) is 5.56 Å². The highest BCUT2D eigenvalue weighted by Crippen LogP contribution is 2.20. The van der Waals surface area contributed by atoms with Crippen molar-refractivity contribution in [2.24, 2.45) is 5.73 Å². The van der Waals surface area contributed by atoms with Gasteiger partial charge in [-0.05, 0) is 50.6 Å². The Balaban J connectivity index is 2.31. The molecule has 0 spiro atoms. The number of hydrogen-bond donors (Lipinski definition) is 2. The van der Waals surface area contributed by atoms with Crippen molar-refractivity contribution in [1.82, 2.24) is 4.72 Å². The van der Waals surface area contributed by atoms with Gasteiger partial charge in [0.2, 0.25) is 15.9 Å². The summed E-state index contributed by atoms with van der Waals surface area (Å²) in [6.07, 6.45) is 0. The second-order valence-electron chi connectivity index (χ2n) is 5.13. The number of hydrogen-bond acceptors (Lipinski definition) is 4. The minimum atomic E-state index is -3.79. The second kappa shape index (κ2) is 5.94. The van der Waals surface area contributed by atoms with Crippen LogP contribution < -0.4 is 10.5 Å². The van der Waals surface area contributed by atoms with Crippen LogP contribution in [0.4, 0.5) is 0 Å². The molecule has 0 bridgehead atoms. The molecule has 1 amide bonds. The smallest absolute Gasteiger partial charge is 0.249 e. The summed E-state index contributed by atoms with van der Waals surface area (Å²) >= 11 is 0. The van der Waals surface area contributed by atoms with Gasteiger partial charge in [0.05, 0.1) is 10.9 Å². The molecule has 2 rings (SSSR count). The van der Waals surface area contributed by atoms with Gasteiger partial charge in [-0.15, -0.1) is 0 Å². The summed E-state index contributed by atoms with van der Waals surface area (Å²) in [6, 6.07) is 7.21. The number of amides is 1. The molecule has 0 fully saturated rings. The average molecular weight is 322 g/mol. The highest BCUT2D eigenvalue weighted by molar-refractivity contribution is 7.89. The first-order chi connectivity index (χ1) is 10.2. The standard InChI is InChI=1S/C15H18N2O4S/c1-9-4-6-12(8-13(9)15(16)18)22(19,20)17-11(3)14-7-5-10(2)21-14/h4-8,11,17H,1-3H3,(H2,16,18). The van der Waals surface area contributed by atoms with E-state index < -0.39 is 22.0 Å². The molecule has 0 saturated carbocycles. The maximum atomic E-state index is 12.4. The normalized spacial score (nSPS) is 13.0. The van der Waals surface area contributed by atoms with Gasteiger partial charge in [-0.25, -0.2) is 13.1 Å². The molecular formula is C15H18N2O4S.